The van der Waals surface area contributed by atoms with Gasteiger partial charge in [0, 0.05) is 125 Å². The molecule has 14 heteroatoms. The third kappa shape index (κ3) is 12.6. The molecular weight excluding hydrogens is 1270 g/mol. The summed E-state index contributed by atoms with van der Waals surface area (Å²) in [4.78, 5) is 9.13. The summed E-state index contributed by atoms with van der Waals surface area (Å²) in [6.45, 7) is 1.14. The highest BCUT2D eigenvalue weighted by Gasteiger charge is 2.25. The number of methoxy groups -OCH3 is 8. The molecule has 0 saturated heterocycles. The maximum Gasteiger partial charge on any atom is 0.119 e. The summed E-state index contributed by atoms with van der Waals surface area (Å²) in [7, 11) is 13.5. The van der Waals surface area contributed by atoms with Gasteiger partial charge in [-0.3, -0.25) is 0 Å². The van der Waals surface area contributed by atoms with Crippen molar-refractivity contribution in [3.8, 4) is 46.0 Å². The van der Waals surface area contributed by atoms with Crippen molar-refractivity contribution in [3.05, 3.63) is 302 Å². The van der Waals surface area contributed by atoms with Gasteiger partial charge in [-0.05, 0) is 278 Å². The molecule has 506 valence electrons. The Kier molecular flexibility index (Phi) is 18.2. The fourth-order valence-electron chi connectivity index (χ4n) is 13.9. The molecule has 0 spiro atoms. The van der Waals surface area contributed by atoms with E-state index in [-0.39, 0.29) is 0 Å². The molecule has 13 aromatic carbocycles. The molecule has 102 heavy (non-hydrogen) atoms. The van der Waals surface area contributed by atoms with E-state index in [1.807, 2.05) is 97.1 Å². The molecule has 15 rings (SSSR count). The van der Waals surface area contributed by atoms with Gasteiger partial charge in [0.1, 0.15) is 46.0 Å². The first-order chi connectivity index (χ1) is 50.1. The van der Waals surface area contributed by atoms with Crippen LogP contribution in [0.2, 0.25) is 0 Å². The lowest BCUT2D eigenvalue weighted by atomic mass is 10.1. The van der Waals surface area contributed by atoms with Crippen LogP contribution in [-0.2, 0) is 13.1 Å². The maximum atomic E-state index is 5.67. The minimum Gasteiger partial charge on any atom is -0.497 e. The summed E-state index contributed by atoms with van der Waals surface area (Å²) in [5, 5.41) is 4.35. The van der Waals surface area contributed by atoms with Gasteiger partial charge in [0.15, 0.2) is 0 Å². The number of ether oxygens (including phenoxy) is 8. The molecule has 0 unspecified atom stereocenters. The van der Waals surface area contributed by atoms with E-state index >= 15 is 0 Å². The zero-order chi connectivity index (χ0) is 69.8. The van der Waals surface area contributed by atoms with Crippen LogP contribution in [0.3, 0.4) is 0 Å². The normalized spacial score (nSPS) is 11.2. The number of aromatic nitrogens is 2. The Balaban J connectivity index is 0.904. The van der Waals surface area contributed by atoms with Crippen LogP contribution >= 0.6 is 0 Å². The Labute approximate surface area is 593 Å². The van der Waals surface area contributed by atoms with Gasteiger partial charge in [0.25, 0.3) is 0 Å². The summed E-state index contributed by atoms with van der Waals surface area (Å²) in [5.74, 6) is 6.19. The van der Waals surface area contributed by atoms with E-state index in [1.165, 1.54) is 11.1 Å². The second-order valence-corrected chi connectivity index (χ2v) is 24.7. The number of hydrogen-bond acceptors (Lipinski definition) is 12. The van der Waals surface area contributed by atoms with Crippen LogP contribution in [0.25, 0.3) is 43.6 Å². The highest BCUT2D eigenvalue weighted by Crippen LogP contribution is 2.47. The van der Waals surface area contributed by atoms with E-state index in [4.69, 9.17) is 37.9 Å². The van der Waals surface area contributed by atoms with Crippen LogP contribution in [0, 0.1) is 0 Å². The topological polar surface area (TPSA) is 96.7 Å². The van der Waals surface area contributed by atoms with Crippen LogP contribution in [0.15, 0.2) is 291 Å². The van der Waals surface area contributed by atoms with Gasteiger partial charge in [-0.25, -0.2) is 0 Å². The molecule has 0 aliphatic rings. The number of anilines is 12. The fraction of sp³-hybridized carbons (Fsp3) is 0.114. The summed E-state index contributed by atoms with van der Waals surface area (Å²) < 4.78 is 50.3. The molecular formula is C88H76N6O8. The average molecular weight is 1350 g/mol. The second-order valence-electron chi connectivity index (χ2n) is 24.7. The van der Waals surface area contributed by atoms with Crippen molar-refractivity contribution in [2.24, 2.45) is 0 Å². The number of fused-ring (bicyclic) bond motifs is 6. The Morgan fingerprint density at radius 1 is 0.196 bits per heavy atom. The predicted molar refractivity (Wildman–Crippen MR) is 415 cm³/mol. The molecule has 0 aliphatic carbocycles. The van der Waals surface area contributed by atoms with Gasteiger partial charge in [-0.2, -0.15) is 0 Å². The van der Waals surface area contributed by atoms with E-state index in [9.17, 15) is 0 Å². The standard InChI is InChI=1S/C88H76N6O8/c1-95-73-33-13-61(14-34-73)91(62-15-35-74(96-2)36-16-62)69-29-49-85-81(53-69)82-54-70(92(63-17-37-75(97-3)38-18-63)64-19-39-76(98-4)40-20-64)30-50-86(82)89(85)57-59-11-9-10-12-60(59)58-90-87-51-31-71(93(65-21-41-77(99-5)42-22-65)66-23-43-78(100-6)44-24-66)55-83(87)84-56-72(32-52-88(84)90)94(67-25-45-79(101-7)46-26-67)68-27-47-80(102-8)48-28-68/h9-56H,57-58H2,1-8H3. The van der Waals surface area contributed by atoms with Crippen molar-refractivity contribution < 1.29 is 37.9 Å². The van der Waals surface area contributed by atoms with Gasteiger partial charge >= 0.3 is 0 Å². The Morgan fingerprint density at radius 2 is 0.353 bits per heavy atom. The SMILES string of the molecule is COc1ccc(N(c2ccc(OC)cc2)c2ccc3c(c2)c2cc(N(c4ccc(OC)cc4)c4ccc(OC)cc4)ccc2n3Cc2ccccc2Cn2c3ccc(N(c4ccc(OC)cc4)c4ccc(OC)cc4)cc3c3cc(N(c4ccc(OC)cc4)c4ccc(OC)cc4)ccc32)cc1. The molecule has 0 atom stereocenters. The van der Waals surface area contributed by atoms with E-state index in [0.29, 0.717) is 13.1 Å². The van der Waals surface area contributed by atoms with E-state index in [0.717, 1.165) is 158 Å². The smallest absolute Gasteiger partial charge is 0.119 e. The predicted octanol–water partition coefficient (Wildman–Crippen LogP) is 21.9. The van der Waals surface area contributed by atoms with Crippen molar-refractivity contribution in [2.45, 2.75) is 13.1 Å². The highest BCUT2D eigenvalue weighted by molar-refractivity contribution is 6.12. The van der Waals surface area contributed by atoms with Crippen molar-refractivity contribution in [3.63, 3.8) is 0 Å². The third-order valence-corrected chi connectivity index (χ3v) is 19.1. The van der Waals surface area contributed by atoms with E-state index < -0.39 is 0 Å². The minimum atomic E-state index is 0.568. The van der Waals surface area contributed by atoms with E-state index in [1.54, 1.807) is 56.9 Å². The quantitative estimate of drug-likeness (QED) is 0.0576. The van der Waals surface area contributed by atoms with Gasteiger partial charge in [-0.1, -0.05) is 24.3 Å². The summed E-state index contributed by atoms with van der Waals surface area (Å²) >= 11 is 0. The average Bonchev–Trinajstić information content (AvgIpc) is 1.58. The first-order valence-corrected chi connectivity index (χ1v) is 33.7. The van der Waals surface area contributed by atoms with Crippen LogP contribution in [0.5, 0.6) is 46.0 Å². The molecule has 14 nitrogen and oxygen atoms in total. The van der Waals surface area contributed by atoms with Gasteiger partial charge in [0.2, 0.25) is 0 Å². The zero-order valence-corrected chi connectivity index (χ0v) is 58.1. The number of benzene rings is 13. The first kappa shape index (κ1) is 65.0. The van der Waals surface area contributed by atoms with Crippen molar-refractivity contribution >= 4 is 112 Å². The molecule has 0 N–H and O–H groups in total. The molecule has 0 radical (unpaired) electrons. The summed E-state index contributed by atoms with van der Waals surface area (Å²) in [5.41, 5.74) is 18.4. The van der Waals surface area contributed by atoms with Crippen LogP contribution in [0.4, 0.5) is 68.2 Å². The van der Waals surface area contributed by atoms with Gasteiger partial charge in [0.05, 0.1) is 56.9 Å². The van der Waals surface area contributed by atoms with Gasteiger partial charge < -0.3 is 66.6 Å². The van der Waals surface area contributed by atoms with Crippen LogP contribution in [-0.4, -0.2) is 66.0 Å². The van der Waals surface area contributed by atoms with Crippen molar-refractivity contribution in [2.75, 3.05) is 76.5 Å². The Morgan fingerprint density at radius 3 is 0.510 bits per heavy atom. The molecule has 0 bridgehead atoms. The number of nitrogens with zero attached hydrogens (tertiary/aromatic N) is 6. The van der Waals surface area contributed by atoms with Crippen molar-refractivity contribution in [1.82, 2.24) is 9.13 Å². The Bertz CT molecular complexity index is 4590. The zero-order valence-electron chi connectivity index (χ0n) is 58.1. The van der Waals surface area contributed by atoms with Crippen LogP contribution < -0.4 is 57.5 Å². The summed E-state index contributed by atoms with van der Waals surface area (Å²) in [6, 6.07) is 102. The highest BCUT2D eigenvalue weighted by atomic mass is 16.5. The lowest BCUT2D eigenvalue weighted by Crippen LogP contribution is -2.10. The largest absolute Gasteiger partial charge is 0.497 e. The monoisotopic (exact) mass is 1340 g/mol. The van der Waals surface area contributed by atoms with Gasteiger partial charge in [-0.15, -0.1) is 0 Å². The third-order valence-electron chi connectivity index (χ3n) is 19.1. The minimum absolute atomic E-state index is 0.568. The molecule has 2 aromatic heterocycles. The fourth-order valence-corrected chi connectivity index (χ4v) is 13.9. The Hall–Kier alpha value is -12.9. The molecule has 15 aromatic rings. The lowest BCUT2D eigenvalue weighted by Gasteiger charge is -2.26. The molecule has 0 saturated carbocycles. The maximum absolute atomic E-state index is 5.67. The number of rotatable bonds is 24. The number of hydrogen-bond donors (Lipinski definition) is 0. The molecule has 0 fully saturated rings. The lowest BCUT2D eigenvalue weighted by molar-refractivity contribution is 0.414. The first-order valence-electron chi connectivity index (χ1n) is 33.7. The molecule has 2 heterocycles. The molecule has 0 aliphatic heterocycles. The second kappa shape index (κ2) is 28.5. The van der Waals surface area contributed by atoms with E-state index in [2.05, 4.69) is 223 Å². The van der Waals surface area contributed by atoms with Crippen LogP contribution in [0.1, 0.15) is 11.1 Å². The van der Waals surface area contributed by atoms with Crippen molar-refractivity contribution in [1.29, 1.82) is 0 Å². The molecule has 0 amide bonds. The summed E-state index contributed by atoms with van der Waals surface area (Å²) in [6.07, 6.45) is 0.